The molecule has 0 radical (unpaired) electrons. The molecule has 0 aliphatic rings. The lowest BCUT2D eigenvalue weighted by molar-refractivity contribution is 0.0941. The molecule has 2 N–H and O–H groups in total. The Morgan fingerprint density at radius 1 is 1.21 bits per heavy atom. The number of carbonyl (C=O) groups excluding carboxylic acids is 1. The quantitative estimate of drug-likeness (QED) is 0.570. The van der Waals surface area contributed by atoms with E-state index in [1.807, 2.05) is 7.05 Å². The summed E-state index contributed by atoms with van der Waals surface area (Å²) >= 11 is 0. The predicted molar refractivity (Wildman–Crippen MR) is 102 cm³/mol. The Morgan fingerprint density at radius 3 is 2.75 bits per heavy atom. The minimum atomic E-state index is -0.631. The van der Waals surface area contributed by atoms with Crippen molar-refractivity contribution in [3.8, 4) is 0 Å². The van der Waals surface area contributed by atoms with Crippen LogP contribution >= 0.6 is 0 Å². The normalized spacial score (nSPS) is 12.2. The van der Waals surface area contributed by atoms with Crippen molar-refractivity contribution in [2.45, 2.75) is 6.04 Å². The Balaban J connectivity index is 1.72. The lowest BCUT2D eigenvalue weighted by Gasteiger charge is -2.19. The van der Waals surface area contributed by atoms with Crippen LogP contribution in [0.4, 0.5) is 4.39 Å². The summed E-state index contributed by atoms with van der Waals surface area (Å²) in [5, 5.41) is 2.92. The molecule has 1 amide bonds. The van der Waals surface area contributed by atoms with Crippen LogP contribution in [0.15, 0.2) is 59.7 Å². The van der Waals surface area contributed by atoms with Crippen molar-refractivity contribution >= 4 is 16.9 Å². The van der Waals surface area contributed by atoms with Crippen LogP contribution in [0, 0.1) is 5.82 Å². The number of amides is 1. The Kier molecular flexibility index (Phi) is 4.31. The van der Waals surface area contributed by atoms with Crippen LogP contribution in [0.25, 0.3) is 11.0 Å². The molecular weight excluding hydrogens is 361 g/mol. The third-order valence-corrected chi connectivity index (χ3v) is 4.74. The van der Waals surface area contributed by atoms with Crippen LogP contribution in [-0.4, -0.2) is 25.0 Å². The van der Waals surface area contributed by atoms with Gasteiger partial charge in [0.05, 0.1) is 11.0 Å². The largest absolute Gasteiger partial charge is 0.338 e. The zero-order valence-corrected chi connectivity index (χ0v) is 15.3. The average Bonchev–Trinajstić information content (AvgIpc) is 3.22. The van der Waals surface area contributed by atoms with Gasteiger partial charge in [-0.15, -0.1) is 0 Å². The van der Waals surface area contributed by atoms with Gasteiger partial charge < -0.3 is 14.9 Å². The fraction of sp³-hybridized carbons (Fsp3) is 0.150. The van der Waals surface area contributed by atoms with Crippen LogP contribution in [-0.2, 0) is 14.1 Å². The van der Waals surface area contributed by atoms with Crippen molar-refractivity contribution in [3.05, 3.63) is 88.1 Å². The van der Waals surface area contributed by atoms with E-state index in [0.29, 0.717) is 28.0 Å². The molecule has 0 aliphatic carbocycles. The van der Waals surface area contributed by atoms with E-state index in [-0.39, 0.29) is 11.6 Å². The maximum absolute atomic E-state index is 13.8. The Bertz CT molecular complexity index is 1240. The minimum absolute atomic E-state index is 0.252. The van der Waals surface area contributed by atoms with Gasteiger partial charge in [0, 0.05) is 32.1 Å². The van der Waals surface area contributed by atoms with E-state index in [0.717, 1.165) is 0 Å². The van der Waals surface area contributed by atoms with Gasteiger partial charge in [0.1, 0.15) is 17.7 Å². The van der Waals surface area contributed by atoms with Gasteiger partial charge in [0.15, 0.2) is 0 Å². The van der Waals surface area contributed by atoms with E-state index in [2.05, 4.69) is 15.3 Å². The third kappa shape index (κ3) is 3.09. The second-order valence-corrected chi connectivity index (χ2v) is 6.58. The molecule has 2 aromatic carbocycles. The molecule has 0 bridgehead atoms. The highest BCUT2D eigenvalue weighted by atomic mass is 19.1. The number of imidazole rings is 2. The highest BCUT2D eigenvalue weighted by Gasteiger charge is 2.22. The van der Waals surface area contributed by atoms with E-state index in [9.17, 15) is 14.0 Å². The van der Waals surface area contributed by atoms with Gasteiger partial charge in [-0.3, -0.25) is 9.36 Å². The maximum Gasteiger partial charge on any atom is 0.326 e. The van der Waals surface area contributed by atoms with Crippen molar-refractivity contribution < 1.29 is 9.18 Å². The minimum Gasteiger partial charge on any atom is -0.338 e. The molecule has 4 aromatic rings. The van der Waals surface area contributed by atoms with Gasteiger partial charge in [-0.1, -0.05) is 12.1 Å². The summed E-state index contributed by atoms with van der Waals surface area (Å²) in [6.45, 7) is 0. The number of fused-ring (bicyclic) bond motifs is 1. The predicted octanol–water partition coefficient (Wildman–Crippen LogP) is 2.26. The molecule has 0 fully saturated rings. The fourth-order valence-electron chi connectivity index (χ4n) is 3.22. The first-order chi connectivity index (χ1) is 13.4. The van der Waals surface area contributed by atoms with Gasteiger partial charge in [-0.2, -0.15) is 0 Å². The Labute approximate surface area is 159 Å². The SMILES string of the molecule is Cn1ccnc1C(NC(=O)c1ccc2[nH]c(=O)n(C)c2c1)c1cccc(F)c1. The molecule has 2 heterocycles. The number of aryl methyl sites for hydroxylation is 2. The van der Waals surface area contributed by atoms with Crippen LogP contribution in [0.3, 0.4) is 0 Å². The molecule has 2 aromatic heterocycles. The number of aromatic amines is 1. The monoisotopic (exact) mass is 379 g/mol. The summed E-state index contributed by atoms with van der Waals surface area (Å²) in [7, 11) is 3.44. The topological polar surface area (TPSA) is 84.7 Å². The summed E-state index contributed by atoms with van der Waals surface area (Å²) in [6.07, 6.45) is 3.38. The summed E-state index contributed by atoms with van der Waals surface area (Å²) in [5.74, 6) is -0.170. The van der Waals surface area contributed by atoms with Gasteiger partial charge in [-0.05, 0) is 35.9 Å². The van der Waals surface area contributed by atoms with Crippen LogP contribution < -0.4 is 11.0 Å². The molecule has 8 heteroatoms. The highest BCUT2D eigenvalue weighted by Crippen LogP contribution is 2.22. The lowest BCUT2D eigenvalue weighted by atomic mass is 10.0. The van der Waals surface area contributed by atoms with Crippen molar-refractivity contribution in [3.63, 3.8) is 0 Å². The summed E-state index contributed by atoms with van der Waals surface area (Å²) < 4.78 is 17.0. The molecule has 7 nitrogen and oxygen atoms in total. The zero-order valence-electron chi connectivity index (χ0n) is 15.3. The lowest BCUT2D eigenvalue weighted by Crippen LogP contribution is -2.31. The number of hydrogen-bond acceptors (Lipinski definition) is 3. The van der Waals surface area contributed by atoms with E-state index in [1.54, 1.807) is 54.3 Å². The first kappa shape index (κ1) is 17.7. The Morgan fingerprint density at radius 2 is 2.04 bits per heavy atom. The van der Waals surface area contributed by atoms with E-state index in [1.165, 1.54) is 16.7 Å². The molecule has 0 saturated heterocycles. The second-order valence-electron chi connectivity index (χ2n) is 6.58. The molecular formula is C20H18FN5O2. The number of nitrogens with one attached hydrogen (secondary N) is 2. The smallest absolute Gasteiger partial charge is 0.326 e. The van der Waals surface area contributed by atoms with Gasteiger partial charge >= 0.3 is 5.69 Å². The number of benzene rings is 2. The van der Waals surface area contributed by atoms with Crippen LogP contribution in [0.1, 0.15) is 27.8 Å². The van der Waals surface area contributed by atoms with Crippen LogP contribution in [0.2, 0.25) is 0 Å². The first-order valence-electron chi connectivity index (χ1n) is 8.66. The number of carbonyl (C=O) groups is 1. The second kappa shape index (κ2) is 6.80. The Hall–Kier alpha value is -3.68. The van der Waals surface area contributed by atoms with Crippen molar-refractivity contribution in [2.75, 3.05) is 0 Å². The van der Waals surface area contributed by atoms with Gasteiger partial charge in [0.2, 0.25) is 0 Å². The van der Waals surface area contributed by atoms with Crippen molar-refractivity contribution in [1.29, 1.82) is 0 Å². The molecule has 0 aliphatic heterocycles. The number of H-pyrrole nitrogens is 1. The summed E-state index contributed by atoms with van der Waals surface area (Å²) in [6, 6.07) is 10.4. The van der Waals surface area contributed by atoms with Gasteiger partial charge in [-0.25, -0.2) is 14.2 Å². The molecule has 28 heavy (non-hydrogen) atoms. The number of rotatable bonds is 4. The molecule has 0 spiro atoms. The van der Waals surface area contributed by atoms with E-state index in [4.69, 9.17) is 0 Å². The van der Waals surface area contributed by atoms with E-state index < -0.39 is 11.9 Å². The maximum atomic E-state index is 13.8. The number of aromatic nitrogens is 4. The number of hydrogen-bond donors (Lipinski definition) is 2. The molecule has 4 rings (SSSR count). The molecule has 142 valence electrons. The fourth-order valence-corrected chi connectivity index (χ4v) is 3.22. The number of halogens is 1. The third-order valence-electron chi connectivity index (χ3n) is 4.74. The zero-order chi connectivity index (χ0) is 19.8. The van der Waals surface area contributed by atoms with Gasteiger partial charge in [0.25, 0.3) is 5.91 Å². The summed E-state index contributed by atoms with van der Waals surface area (Å²) in [4.78, 5) is 31.7. The summed E-state index contributed by atoms with van der Waals surface area (Å²) in [5.41, 5.74) is 1.99. The van der Waals surface area contributed by atoms with Crippen molar-refractivity contribution in [1.82, 2.24) is 24.4 Å². The van der Waals surface area contributed by atoms with Crippen LogP contribution in [0.5, 0.6) is 0 Å². The molecule has 1 unspecified atom stereocenters. The molecule has 1 atom stereocenters. The standard InChI is InChI=1S/C20H18FN5O2/c1-25-9-8-22-18(25)17(12-4-3-5-14(21)10-12)24-19(27)13-6-7-15-16(11-13)26(2)20(28)23-15/h3-11,17H,1-2H3,(H,23,28)(H,24,27). The molecule has 0 saturated carbocycles. The highest BCUT2D eigenvalue weighted by molar-refractivity contribution is 5.97. The first-order valence-corrected chi connectivity index (χ1v) is 8.66. The number of nitrogens with zero attached hydrogens (tertiary/aromatic N) is 3. The van der Waals surface area contributed by atoms with E-state index >= 15 is 0 Å². The van der Waals surface area contributed by atoms with Crippen molar-refractivity contribution in [2.24, 2.45) is 14.1 Å². The average molecular weight is 379 g/mol.